The largest absolute Gasteiger partial charge is 0.324 e. The van der Waals surface area contributed by atoms with Crippen LogP contribution in [0.15, 0.2) is 12.4 Å². The van der Waals surface area contributed by atoms with Gasteiger partial charge in [-0.25, -0.2) is 9.67 Å². The molecule has 0 aliphatic carbocycles. The van der Waals surface area contributed by atoms with E-state index in [0.717, 1.165) is 35.7 Å². The summed E-state index contributed by atoms with van der Waals surface area (Å²) in [4.78, 5) is 4.35. The monoisotopic (exact) mass is 288 g/mol. The second-order valence-electron chi connectivity index (χ2n) is 5.80. The molecule has 2 rings (SSSR count). The first-order valence-corrected chi connectivity index (χ1v) is 7.46. The van der Waals surface area contributed by atoms with Gasteiger partial charge in [-0.15, -0.1) is 0 Å². The molecule has 6 heteroatoms. The van der Waals surface area contributed by atoms with Gasteiger partial charge in [0.2, 0.25) is 0 Å². The third-order valence-electron chi connectivity index (χ3n) is 3.40. The topological polar surface area (TPSA) is 82.5 Å². The van der Waals surface area contributed by atoms with E-state index in [1.807, 2.05) is 17.7 Å². The van der Waals surface area contributed by atoms with Gasteiger partial charge in [0.1, 0.15) is 12.2 Å². The summed E-state index contributed by atoms with van der Waals surface area (Å²) in [6.07, 6.45) is 3.08. The fourth-order valence-corrected chi connectivity index (χ4v) is 2.38. The van der Waals surface area contributed by atoms with E-state index in [2.05, 4.69) is 41.1 Å². The predicted molar refractivity (Wildman–Crippen MR) is 81.6 cm³/mol. The number of nitrogens with zero attached hydrogens (tertiary/aromatic N) is 5. The molecule has 0 bridgehead atoms. The lowest BCUT2D eigenvalue weighted by Gasteiger charge is -2.16. The number of aromatic nitrogens is 5. The normalized spacial score (nSPS) is 12.9. The Morgan fingerprint density at radius 2 is 2.05 bits per heavy atom. The molecule has 0 fully saturated rings. The minimum atomic E-state index is -0.135. The van der Waals surface area contributed by atoms with Crippen molar-refractivity contribution in [3.63, 3.8) is 0 Å². The Kier molecular flexibility index (Phi) is 5.01. The highest BCUT2D eigenvalue weighted by Gasteiger charge is 2.16. The van der Waals surface area contributed by atoms with Gasteiger partial charge < -0.3 is 5.73 Å². The molecule has 2 aromatic rings. The third kappa shape index (κ3) is 3.85. The van der Waals surface area contributed by atoms with Crippen molar-refractivity contribution < 1.29 is 0 Å². The van der Waals surface area contributed by atoms with Gasteiger partial charge in [-0.05, 0) is 30.9 Å². The average Bonchev–Trinajstić information content (AvgIpc) is 2.85. The van der Waals surface area contributed by atoms with Crippen molar-refractivity contribution in [3.8, 4) is 0 Å². The van der Waals surface area contributed by atoms with Crippen LogP contribution in [0.5, 0.6) is 0 Å². The maximum atomic E-state index is 6.38. The Hall–Kier alpha value is -1.82. The molecule has 0 radical (unpaired) electrons. The second kappa shape index (κ2) is 6.76. The SMILES string of the molecule is CCc1nnc(C)cc1C(N)Cc1ncnn1CC(C)C. The van der Waals surface area contributed by atoms with E-state index < -0.39 is 0 Å². The molecule has 0 amide bonds. The summed E-state index contributed by atoms with van der Waals surface area (Å²) in [7, 11) is 0. The highest BCUT2D eigenvalue weighted by Crippen LogP contribution is 2.19. The van der Waals surface area contributed by atoms with E-state index in [1.54, 1.807) is 6.33 Å². The number of hydrogen-bond acceptors (Lipinski definition) is 5. The summed E-state index contributed by atoms with van der Waals surface area (Å²) in [5.74, 6) is 1.45. The Morgan fingerprint density at radius 1 is 1.29 bits per heavy atom. The van der Waals surface area contributed by atoms with Crippen LogP contribution in [-0.4, -0.2) is 25.0 Å². The van der Waals surface area contributed by atoms with E-state index in [-0.39, 0.29) is 6.04 Å². The van der Waals surface area contributed by atoms with Crippen LogP contribution in [-0.2, 0) is 19.4 Å². The van der Waals surface area contributed by atoms with Crippen LogP contribution in [0.1, 0.15) is 49.6 Å². The Bertz CT molecular complexity index is 590. The van der Waals surface area contributed by atoms with E-state index in [4.69, 9.17) is 5.73 Å². The molecule has 0 aliphatic heterocycles. The Morgan fingerprint density at radius 3 is 2.71 bits per heavy atom. The number of rotatable bonds is 6. The van der Waals surface area contributed by atoms with Crippen LogP contribution in [0, 0.1) is 12.8 Å². The third-order valence-corrected chi connectivity index (χ3v) is 3.40. The second-order valence-corrected chi connectivity index (χ2v) is 5.80. The molecule has 1 unspecified atom stereocenters. The van der Waals surface area contributed by atoms with Gasteiger partial charge in [0.25, 0.3) is 0 Å². The first-order chi connectivity index (χ1) is 10.0. The highest BCUT2D eigenvalue weighted by molar-refractivity contribution is 5.25. The van der Waals surface area contributed by atoms with Crippen LogP contribution in [0.4, 0.5) is 0 Å². The molecule has 2 heterocycles. The van der Waals surface area contributed by atoms with Gasteiger partial charge in [0.05, 0.1) is 11.4 Å². The predicted octanol–water partition coefficient (Wildman–Crippen LogP) is 1.84. The van der Waals surface area contributed by atoms with Gasteiger partial charge in [-0.2, -0.15) is 15.3 Å². The van der Waals surface area contributed by atoms with Crippen molar-refractivity contribution in [2.45, 2.75) is 53.1 Å². The van der Waals surface area contributed by atoms with Gasteiger partial charge in [0.15, 0.2) is 0 Å². The first-order valence-electron chi connectivity index (χ1n) is 7.46. The number of aryl methyl sites for hydroxylation is 2. The molecular weight excluding hydrogens is 264 g/mol. The van der Waals surface area contributed by atoms with Crippen LogP contribution in [0.2, 0.25) is 0 Å². The molecule has 0 aromatic carbocycles. The van der Waals surface area contributed by atoms with Crippen LogP contribution < -0.4 is 5.73 Å². The zero-order chi connectivity index (χ0) is 15.4. The van der Waals surface area contributed by atoms with Crippen LogP contribution >= 0.6 is 0 Å². The fourth-order valence-electron chi connectivity index (χ4n) is 2.38. The smallest absolute Gasteiger partial charge is 0.138 e. The Balaban J connectivity index is 2.20. The fraction of sp³-hybridized carbons (Fsp3) is 0.600. The van der Waals surface area contributed by atoms with Crippen molar-refractivity contribution in [3.05, 3.63) is 35.2 Å². The maximum Gasteiger partial charge on any atom is 0.138 e. The van der Waals surface area contributed by atoms with Gasteiger partial charge in [-0.3, -0.25) is 0 Å². The molecule has 0 saturated carbocycles. The van der Waals surface area contributed by atoms with Crippen molar-refractivity contribution in [2.75, 3.05) is 0 Å². The van der Waals surface area contributed by atoms with Crippen LogP contribution in [0.25, 0.3) is 0 Å². The van der Waals surface area contributed by atoms with Crippen molar-refractivity contribution >= 4 is 0 Å². The van der Waals surface area contributed by atoms with Gasteiger partial charge >= 0.3 is 0 Å². The number of hydrogen-bond donors (Lipinski definition) is 1. The molecule has 2 N–H and O–H groups in total. The summed E-state index contributed by atoms with van der Waals surface area (Å²) < 4.78 is 1.94. The standard InChI is InChI=1S/C15H24N6/c1-5-14-12(6-11(4)19-20-14)13(16)7-15-17-9-18-21(15)8-10(2)3/h6,9-10,13H,5,7-8,16H2,1-4H3. The lowest BCUT2D eigenvalue weighted by atomic mass is 10.0. The summed E-state index contributed by atoms with van der Waals surface area (Å²) in [5.41, 5.74) is 9.29. The summed E-state index contributed by atoms with van der Waals surface area (Å²) in [5, 5.41) is 12.6. The highest BCUT2D eigenvalue weighted by atomic mass is 15.3. The maximum absolute atomic E-state index is 6.38. The van der Waals surface area contributed by atoms with E-state index in [9.17, 15) is 0 Å². The summed E-state index contributed by atoms with van der Waals surface area (Å²) >= 11 is 0. The van der Waals surface area contributed by atoms with E-state index in [1.165, 1.54) is 0 Å². The molecule has 0 saturated heterocycles. The quantitative estimate of drug-likeness (QED) is 0.877. The van der Waals surface area contributed by atoms with Crippen molar-refractivity contribution in [2.24, 2.45) is 11.7 Å². The molecule has 6 nitrogen and oxygen atoms in total. The molecule has 0 spiro atoms. The minimum Gasteiger partial charge on any atom is -0.324 e. The average molecular weight is 288 g/mol. The van der Waals surface area contributed by atoms with Crippen molar-refractivity contribution in [1.82, 2.24) is 25.0 Å². The summed E-state index contributed by atoms with van der Waals surface area (Å²) in [6, 6.07) is 1.89. The van der Waals surface area contributed by atoms with Gasteiger partial charge in [-0.1, -0.05) is 20.8 Å². The minimum absolute atomic E-state index is 0.135. The van der Waals surface area contributed by atoms with E-state index in [0.29, 0.717) is 12.3 Å². The molecule has 114 valence electrons. The molecule has 0 aliphatic rings. The number of nitrogens with two attached hydrogens (primary N) is 1. The zero-order valence-corrected chi connectivity index (χ0v) is 13.2. The summed E-state index contributed by atoms with van der Waals surface area (Å²) in [6.45, 7) is 9.19. The Labute approximate surface area is 125 Å². The van der Waals surface area contributed by atoms with Crippen molar-refractivity contribution in [1.29, 1.82) is 0 Å². The molecule has 1 atom stereocenters. The van der Waals surface area contributed by atoms with Gasteiger partial charge in [0, 0.05) is 19.0 Å². The zero-order valence-electron chi connectivity index (χ0n) is 13.2. The van der Waals surface area contributed by atoms with E-state index >= 15 is 0 Å². The van der Waals surface area contributed by atoms with Crippen LogP contribution in [0.3, 0.4) is 0 Å². The lowest BCUT2D eigenvalue weighted by molar-refractivity contribution is 0.459. The molecular formula is C15H24N6. The lowest BCUT2D eigenvalue weighted by Crippen LogP contribution is -2.20. The molecule has 2 aromatic heterocycles. The molecule has 21 heavy (non-hydrogen) atoms. The first kappa shape index (κ1) is 15.6.